The number of anilines is 1. The predicted molar refractivity (Wildman–Crippen MR) is 115 cm³/mol. The molecule has 3 aromatic heterocycles. The number of hydrogen-bond donors (Lipinski definition) is 1. The number of nitrogens with zero attached hydrogens (tertiary/aromatic N) is 5. The number of carbonyl (C=O) groups excluding carboxylic acids is 1. The summed E-state index contributed by atoms with van der Waals surface area (Å²) in [6.07, 6.45) is 0. The zero-order chi connectivity index (χ0) is 22.0. The van der Waals surface area contributed by atoms with Crippen LogP contribution in [0.15, 0.2) is 50.6 Å². The van der Waals surface area contributed by atoms with Gasteiger partial charge in [0.25, 0.3) is 15.9 Å². The lowest BCUT2D eigenvalue weighted by atomic mass is 10.1. The minimum absolute atomic E-state index is 0.0799. The van der Waals surface area contributed by atoms with Gasteiger partial charge < -0.3 is 4.52 Å². The maximum atomic E-state index is 12.8. The van der Waals surface area contributed by atoms with Crippen molar-refractivity contribution < 1.29 is 17.7 Å². The third-order valence-electron chi connectivity index (χ3n) is 4.11. The smallest absolute Gasteiger partial charge is 0.272 e. The van der Waals surface area contributed by atoms with Crippen molar-refractivity contribution in [3.63, 3.8) is 0 Å². The van der Waals surface area contributed by atoms with Crippen molar-refractivity contribution in [2.24, 2.45) is 0 Å². The molecule has 0 atom stereocenters. The topological polar surface area (TPSA) is 131 Å². The van der Waals surface area contributed by atoms with Crippen LogP contribution in [0, 0.1) is 6.92 Å². The van der Waals surface area contributed by atoms with Crippen molar-refractivity contribution >= 4 is 43.7 Å². The molecule has 0 saturated heterocycles. The molecule has 0 aliphatic heterocycles. The van der Waals surface area contributed by atoms with Gasteiger partial charge in [-0.2, -0.15) is 9.29 Å². The van der Waals surface area contributed by atoms with E-state index in [2.05, 4.69) is 25.7 Å². The summed E-state index contributed by atoms with van der Waals surface area (Å²) in [7, 11) is -2.59. The first kappa shape index (κ1) is 21.2. The lowest BCUT2D eigenvalue weighted by Gasteiger charge is -2.11. The van der Waals surface area contributed by atoms with E-state index in [-0.39, 0.29) is 21.9 Å². The zero-order valence-corrected chi connectivity index (χ0v) is 18.8. The number of sulfonamides is 1. The minimum Gasteiger partial charge on any atom is -0.337 e. The molecule has 0 radical (unpaired) electrons. The molecule has 160 valence electrons. The van der Waals surface area contributed by atoms with Gasteiger partial charge in [0, 0.05) is 12.6 Å². The molecular formula is C18H16N6O4S3. The molecule has 10 nitrogen and oxygen atoms in total. The molecule has 1 N–H and O–H groups in total. The lowest BCUT2D eigenvalue weighted by molar-refractivity contribution is 0.102. The number of thiophene rings is 1. The molecule has 4 rings (SSSR count). The molecule has 0 saturated carbocycles. The molecule has 3 heterocycles. The van der Waals surface area contributed by atoms with Gasteiger partial charge in [0.2, 0.25) is 21.2 Å². The summed E-state index contributed by atoms with van der Waals surface area (Å²) in [5, 5.41) is 15.9. The molecule has 0 aliphatic rings. The van der Waals surface area contributed by atoms with Crippen molar-refractivity contribution in [1.82, 2.24) is 24.6 Å². The fourth-order valence-electron chi connectivity index (χ4n) is 2.55. The lowest BCUT2D eigenvalue weighted by Crippen LogP contribution is -2.26. The summed E-state index contributed by atoms with van der Waals surface area (Å²) in [5.41, 5.74) is 1.37. The molecule has 4 aromatic rings. The third-order valence-corrected chi connectivity index (χ3v) is 7.96. The number of aryl methyl sites for hydroxylation is 1. The monoisotopic (exact) mass is 476 g/mol. The first-order valence-electron chi connectivity index (χ1n) is 8.87. The number of rotatable bonds is 7. The highest BCUT2D eigenvalue weighted by molar-refractivity contribution is 7.91. The van der Waals surface area contributed by atoms with Crippen molar-refractivity contribution in [2.45, 2.75) is 17.8 Å². The Morgan fingerprint density at radius 1 is 1.23 bits per heavy atom. The molecular weight excluding hydrogens is 460 g/mol. The van der Waals surface area contributed by atoms with Crippen molar-refractivity contribution in [3.05, 3.63) is 58.8 Å². The van der Waals surface area contributed by atoms with Gasteiger partial charge in [0.05, 0.1) is 11.4 Å². The van der Waals surface area contributed by atoms with Gasteiger partial charge in [-0.25, -0.2) is 8.42 Å². The van der Waals surface area contributed by atoms with Gasteiger partial charge in [-0.05, 0) is 30.5 Å². The van der Waals surface area contributed by atoms with Gasteiger partial charge in [0.15, 0.2) is 0 Å². The van der Waals surface area contributed by atoms with Crippen LogP contribution in [0.2, 0.25) is 0 Å². The number of aromatic nitrogens is 4. The summed E-state index contributed by atoms with van der Waals surface area (Å²) >= 11 is 2.21. The van der Waals surface area contributed by atoms with Gasteiger partial charge in [-0.3, -0.25) is 10.1 Å². The summed E-state index contributed by atoms with van der Waals surface area (Å²) in [5.74, 6) is 0.143. The van der Waals surface area contributed by atoms with E-state index in [1.54, 1.807) is 18.2 Å². The largest absolute Gasteiger partial charge is 0.337 e. The van der Waals surface area contributed by atoms with E-state index in [4.69, 9.17) is 4.52 Å². The van der Waals surface area contributed by atoms with Crippen LogP contribution in [-0.4, -0.2) is 46.0 Å². The van der Waals surface area contributed by atoms with Crippen LogP contribution < -0.4 is 5.32 Å². The van der Waals surface area contributed by atoms with E-state index in [0.717, 1.165) is 26.1 Å². The quantitative estimate of drug-likeness (QED) is 0.403. The molecule has 0 spiro atoms. The van der Waals surface area contributed by atoms with Gasteiger partial charge in [-0.15, -0.1) is 21.5 Å². The van der Waals surface area contributed by atoms with Crippen LogP contribution >= 0.6 is 22.7 Å². The molecule has 13 heteroatoms. The van der Waals surface area contributed by atoms with Crippen LogP contribution in [0.5, 0.6) is 0 Å². The van der Waals surface area contributed by atoms with E-state index in [9.17, 15) is 13.2 Å². The first-order chi connectivity index (χ1) is 14.8. The second kappa shape index (κ2) is 8.63. The average Bonchev–Trinajstić information content (AvgIpc) is 3.49. The van der Waals surface area contributed by atoms with Gasteiger partial charge in [-0.1, -0.05) is 40.3 Å². The molecule has 1 amide bonds. The predicted octanol–water partition coefficient (Wildman–Crippen LogP) is 3.03. The highest BCUT2D eigenvalue weighted by Gasteiger charge is 2.28. The van der Waals surface area contributed by atoms with Crippen molar-refractivity contribution in [1.29, 1.82) is 0 Å². The van der Waals surface area contributed by atoms with E-state index >= 15 is 0 Å². The number of nitrogens with one attached hydrogen (secondary N) is 1. The highest BCUT2D eigenvalue weighted by atomic mass is 32.2. The van der Waals surface area contributed by atoms with Crippen LogP contribution in [0.3, 0.4) is 0 Å². The van der Waals surface area contributed by atoms with Crippen LogP contribution in [0.1, 0.15) is 21.8 Å². The van der Waals surface area contributed by atoms with Crippen LogP contribution in [0.4, 0.5) is 5.13 Å². The third kappa shape index (κ3) is 4.69. The summed E-state index contributed by atoms with van der Waals surface area (Å²) < 4.78 is 31.6. The fraction of sp³-hybridized carbons (Fsp3) is 0.167. The second-order valence-corrected chi connectivity index (χ2v) is 10.6. The van der Waals surface area contributed by atoms with Crippen LogP contribution in [0.25, 0.3) is 10.7 Å². The standard InChI is InChI=1S/C18H16N6O4S3/c1-11-5-3-6-12(9-11)16(25)20-17-21-22-18(30-17)31(26,27)24(2)10-14-19-15(23-28-14)13-7-4-8-29-13/h3-9H,10H2,1-2H3,(H,20,21,25). The average molecular weight is 477 g/mol. The SMILES string of the molecule is Cc1cccc(C(=O)Nc2nnc(S(=O)(=O)N(C)Cc3nc(-c4cccs4)no3)s2)c1. The van der Waals surface area contributed by atoms with Gasteiger partial charge in [0.1, 0.15) is 0 Å². The van der Waals surface area contributed by atoms with Crippen LogP contribution in [-0.2, 0) is 16.6 Å². The number of carbonyl (C=O) groups is 1. The Morgan fingerprint density at radius 2 is 2.06 bits per heavy atom. The molecule has 31 heavy (non-hydrogen) atoms. The van der Waals surface area contributed by atoms with Crippen molar-refractivity contribution in [2.75, 3.05) is 12.4 Å². The number of hydrogen-bond acceptors (Lipinski definition) is 10. The van der Waals surface area contributed by atoms with E-state index in [1.807, 2.05) is 30.5 Å². The van der Waals surface area contributed by atoms with E-state index in [0.29, 0.717) is 11.4 Å². The maximum Gasteiger partial charge on any atom is 0.272 e. The highest BCUT2D eigenvalue weighted by Crippen LogP contribution is 2.25. The summed E-state index contributed by atoms with van der Waals surface area (Å²) in [4.78, 5) is 17.4. The fourth-order valence-corrected chi connectivity index (χ4v) is 5.41. The first-order valence-corrected chi connectivity index (χ1v) is 12.0. The minimum atomic E-state index is -3.97. The molecule has 0 bridgehead atoms. The number of amides is 1. The maximum absolute atomic E-state index is 12.8. The number of benzene rings is 1. The zero-order valence-electron chi connectivity index (χ0n) is 16.3. The molecule has 0 unspecified atom stereocenters. The van der Waals surface area contributed by atoms with Crippen molar-refractivity contribution in [3.8, 4) is 10.7 Å². The van der Waals surface area contributed by atoms with Gasteiger partial charge >= 0.3 is 0 Å². The Kier molecular flexibility index (Phi) is 5.91. The molecule has 1 aromatic carbocycles. The van der Waals surface area contributed by atoms with E-state index < -0.39 is 15.9 Å². The summed E-state index contributed by atoms with van der Waals surface area (Å²) in [6.45, 7) is 1.74. The second-order valence-electron chi connectivity index (χ2n) is 6.45. The molecule has 0 aliphatic carbocycles. The summed E-state index contributed by atoms with van der Waals surface area (Å²) in [6, 6.07) is 10.7. The normalized spacial score (nSPS) is 11.7. The Bertz CT molecular complexity index is 1310. The Morgan fingerprint density at radius 3 is 2.81 bits per heavy atom. The Hall–Kier alpha value is -3.00. The Balaban J connectivity index is 1.45. The molecule has 0 fully saturated rings. The Labute approximate surface area is 185 Å². The van der Waals surface area contributed by atoms with E-state index in [1.165, 1.54) is 18.4 Å².